The van der Waals surface area contributed by atoms with Crippen molar-refractivity contribution in [2.24, 2.45) is 0 Å². The summed E-state index contributed by atoms with van der Waals surface area (Å²) >= 11 is -18.3. The first-order valence-electron chi connectivity index (χ1n) is 22.6. The van der Waals surface area contributed by atoms with Gasteiger partial charge in [0.1, 0.15) is 5.75 Å². The van der Waals surface area contributed by atoms with Crippen LogP contribution in [0.3, 0.4) is 0 Å². The van der Waals surface area contributed by atoms with E-state index in [1.165, 1.54) is 73.9 Å². The number of hydrogen-bond acceptors (Lipinski definition) is 1. The van der Waals surface area contributed by atoms with Crippen molar-refractivity contribution < 1.29 is 110 Å². The standard InChI is InChI=1S/C28H35OS.2C12H10I.3CH4.F6P.12FH.2Sb/c1-2-3-4-5-6-7-8-15-24-29-25-20-22-28(23-21-25)30(26-16-11-9-12-17-26)27-18-13-10-14-19-27;2*1-3-7-11(8-4-1)13-12-9-5-2-6-10-12;;;;1-7(2,3,4,5)6;;;;;;;;;;;;;;/h9-14,16-23H,2-8,15,24H2,1H3;2*1-10H;3*1H4;;12*1H;;/q3*+1;;;;-1;;;;;;;;;;;;;2*+5/p-12. The fraction of sp³-hybridized carbons (Fsp3) is 0.236. The van der Waals surface area contributed by atoms with Gasteiger partial charge < -0.3 is 14.1 Å². The summed E-state index contributed by atoms with van der Waals surface area (Å²) in [4.78, 5) is 4.01. The van der Waals surface area contributed by atoms with Crippen LogP contribution in [0.4, 0.5) is 53.3 Å². The third kappa shape index (κ3) is 55.5. The zero-order valence-electron chi connectivity index (χ0n) is 40.7. The van der Waals surface area contributed by atoms with Gasteiger partial charge in [-0.05, 0) is 103 Å². The monoisotopic (exact) mass is 1640 g/mol. The van der Waals surface area contributed by atoms with Gasteiger partial charge in [0.25, 0.3) is 0 Å². The first kappa shape index (κ1) is 83.4. The second-order valence-corrected chi connectivity index (χ2v) is 32.6. The van der Waals surface area contributed by atoms with Gasteiger partial charge in [-0.25, -0.2) is 0 Å². The van der Waals surface area contributed by atoms with E-state index in [0.717, 1.165) is 18.8 Å². The van der Waals surface area contributed by atoms with Crippen molar-refractivity contribution in [2.75, 3.05) is 6.61 Å². The molecule has 0 amide bonds. The molecule has 7 aromatic rings. The van der Waals surface area contributed by atoms with E-state index in [1.54, 1.807) is 0 Å². The van der Waals surface area contributed by atoms with E-state index in [0.29, 0.717) is 0 Å². The molecule has 0 spiro atoms. The Labute approximate surface area is 492 Å². The molecule has 25 heteroatoms. The Morgan fingerprint density at radius 3 is 0.812 bits per heavy atom. The molecule has 0 atom stereocenters. The Balaban J connectivity index is -0.000000485. The molecule has 0 fully saturated rings. The first-order valence-corrected chi connectivity index (χ1v) is 39.8. The normalized spacial score (nSPS) is 12.2. The molecule has 0 saturated heterocycles. The van der Waals surface area contributed by atoms with Crippen LogP contribution in [-0.4, -0.2) is 47.2 Å². The number of ether oxygens (including phenoxy) is 1. The van der Waals surface area contributed by atoms with E-state index in [4.69, 9.17) is 4.74 Å². The summed E-state index contributed by atoms with van der Waals surface area (Å²) in [5.74, 6) is 0.978. The van der Waals surface area contributed by atoms with Crippen molar-refractivity contribution >= 4 is 59.3 Å². The van der Waals surface area contributed by atoms with Crippen LogP contribution in [0.5, 0.6) is 5.75 Å². The van der Waals surface area contributed by atoms with Gasteiger partial charge in [-0.2, -0.15) is 0 Å². The summed E-state index contributed by atoms with van der Waals surface area (Å²) in [6.45, 7) is 3.09. The van der Waals surface area contributed by atoms with Crippen molar-refractivity contribution in [1.29, 1.82) is 0 Å². The molecule has 7 aromatic carbocycles. The largest absolute Gasteiger partial charge is 0.357 e. The maximum Gasteiger partial charge on any atom is 0.357 e. The Kier molecular flexibility index (Phi) is 40.4. The average Bonchev–Trinajstić information content (AvgIpc) is 3.32. The van der Waals surface area contributed by atoms with Gasteiger partial charge in [0, 0.05) is 0 Å². The summed E-state index contributed by atoms with van der Waals surface area (Å²) in [6, 6.07) is 73.1. The molecule has 1 nitrogen and oxygen atoms in total. The summed E-state index contributed by atoms with van der Waals surface area (Å²) < 4.78 is 170. The minimum absolute atomic E-state index is 0. The van der Waals surface area contributed by atoms with Crippen molar-refractivity contribution in [3.05, 3.63) is 221 Å². The molecule has 0 aromatic heterocycles. The molecule has 0 aliphatic rings. The molecule has 7 rings (SSSR count). The molecular weight excluding hydrogens is 1580 g/mol. The number of hydrogen-bond donors (Lipinski definition) is 0. The van der Waals surface area contributed by atoms with E-state index >= 15 is 0 Å². The Bertz CT molecular complexity index is 2340. The molecule has 0 aliphatic carbocycles. The van der Waals surface area contributed by atoms with E-state index < -0.39 is 48.4 Å². The average molecular weight is 1650 g/mol. The van der Waals surface area contributed by atoms with E-state index in [-0.39, 0.29) is 85.0 Å². The van der Waals surface area contributed by atoms with Crippen LogP contribution in [0.15, 0.2) is 221 Å². The second-order valence-electron chi connectivity index (χ2n) is 15.3. The second kappa shape index (κ2) is 38.7. The third-order valence-electron chi connectivity index (χ3n) is 8.65. The number of halogens is 20. The molecule has 0 bridgehead atoms. The maximum atomic E-state index is 9.91. The Hall–Kier alpha value is -3.04. The van der Waals surface area contributed by atoms with Crippen molar-refractivity contribution in [3.63, 3.8) is 0 Å². The van der Waals surface area contributed by atoms with Crippen LogP contribution in [0, 0.1) is 14.3 Å². The molecule has 0 aliphatic heterocycles. The topological polar surface area (TPSA) is 9.23 Å². The van der Waals surface area contributed by atoms with Gasteiger partial charge in [-0.1, -0.05) is 183 Å². The summed E-state index contributed by atoms with van der Waals surface area (Å²) in [5, 5.41) is 0. The van der Waals surface area contributed by atoms with E-state index in [2.05, 4.69) is 213 Å². The summed E-state index contributed by atoms with van der Waals surface area (Å²) in [5.41, 5.74) is 0. The Morgan fingerprint density at radius 2 is 0.562 bits per heavy atom. The van der Waals surface area contributed by atoms with Crippen molar-refractivity contribution in [1.82, 2.24) is 0 Å². The van der Waals surface area contributed by atoms with E-state index in [9.17, 15) is 53.3 Å². The third-order valence-corrected chi connectivity index (χ3v) is 16.3. The van der Waals surface area contributed by atoms with Gasteiger partial charge in [0.2, 0.25) is 0 Å². The molecular formula is C55H67F18I2OPSSb2. The molecule has 0 heterocycles. The zero-order chi connectivity index (χ0) is 56.0. The van der Waals surface area contributed by atoms with Gasteiger partial charge in [-0.3, -0.25) is 0 Å². The maximum absolute atomic E-state index is 10.7. The Morgan fingerprint density at radius 1 is 0.350 bits per heavy atom. The summed E-state index contributed by atoms with van der Waals surface area (Å²) in [6.07, 6.45) is 10.6. The molecule has 0 N–H and O–H groups in total. The van der Waals surface area contributed by atoms with Crippen LogP contribution in [-0.2, 0) is 10.9 Å². The van der Waals surface area contributed by atoms with Crippen LogP contribution in [0.25, 0.3) is 0 Å². The minimum atomic E-state index is -10.7. The number of benzene rings is 7. The van der Waals surface area contributed by atoms with Crippen molar-refractivity contribution in [2.45, 2.75) is 95.3 Å². The van der Waals surface area contributed by atoms with Crippen LogP contribution < -0.4 is 56.6 Å². The zero-order valence-corrected chi connectivity index (χ0v) is 51.8. The number of rotatable bonds is 17. The van der Waals surface area contributed by atoms with Crippen LogP contribution >= 0.6 is 7.81 Å². The SMILES string of the molecule is C.C.C.CCCCCCCCCCOc1ccc([S+](c2ccccc2)c2ccccc2)cc1.F[P-](F)(F)(F)(F)F.[F-].[F-].[F][Sb]([F])([F])([F])[F].[F][Sb]([F])([F])([F])[F].c1ccc([I+]c2ccccc2)cc1.c1ccc([I+]c2ccccc2)cc1. The minimum Gasteiger partial charge on any atom is -0.0619 e. The van der Waals surface area contributed by atoms with Gasteiger partial charge in [-0.15, -0.1) is 0 Å². The van der Waals surface area contributed by atoms with Gasteiger partial charge in [0.05, 0.1) is 17.5 Å². The van der Waals surface area contributed by atoms with Gasteiger partial charge in [0.15, 0.2) is 29.0 Å². The van der Waals surface area contributed by atoms with Crippen LogP contribution in [0.2, 0.25) is 0 Å². The quantitative estimate of drug-likeness (QED) is 0.0221. The summed E-state index contributed by atoms with van der Waals surface area (Å²) in [7, 11) is -10.7. The van der Waals surface area contributed by atoms with Crippen LogP contribution in [0.1, 0.15) is 80.6 Å². The smallest absolute Gasteiger partial charge is 0.0619 e. The molecule has 454 valence electrons. The van der Waals surface area contributed by atoms with Crippen molar-refractivity contribution in [3.8, 4) is 5.75 Å². The molecule has 80 heavy (non-hydrogen) atoms. The van der Waals surface area contributed by atoms with E-state index in [1.807, 2.05) is 0 Å². The first-order chi connectivity index (χ1) is 34.7. The molecule has 0 radical (unpaired) electrons. The predicted molar refractivity (Wildman–Crippen MR) is 286 cm³/mol. The number of unbranched alkanes of at least 4 members (excludes halogenated alkanes) is 7. The fourth-order valence-corrected chi connectivity index (χ4v) is 12.4. The molecule has 0 unspecified atom stereocenters. The predicted octanol–water partition coefficient (Wildman–Crippen LogP) is 10.7. The molecule has 0 saturated carbocycles. The fourth-order valence-electron chi connectivity index (χ4n) is 5.78. The van der Waals surface area contributed by atoms with Gasteiger partial charge >= 0.3 is 144 Å².